The second kappa shape index (κ2) is 10.3. The molecule has 0 aliphatic rings. The van der Waals surface area contributed by atoms with Crippen molar-refractivity contribution in [1.29, 1.82) is 0 Å². The van der Waals surface area contributed by atoms with E-state index in [1.165, 1.54) is 0 Å². The van der Waals surface area contributed by atoms with Crippen LogP contribution in [0.3, 0.4) is 0 Å². The molecule has 1 amide bonds. The van der Waals surface area contributed by atoms with E-state index in [4.69, 9.17) is 18.9 Å². The van der Waals surface area contributed by atoms with Gasteiger partial charge in [0.25, 0.3) is 5.91 Å². The Labute approximate surface area is 160 Å². The Balaban J connectivity index is 2.20. The van der Waals surface area contributed by atoms with E-state index in [1.54, 1.807) is 19.2 Å². The van der Waals surface area contributed by atoms with Gasteiger partial charge in [0.1, 0.15) is 5.75 Å². The number of carbonyl (C=O) groups excluding carboxylic acids is 1. The molecule has 0 radical (unpaired) electrons. The molecule has 2 rings (SSSR count). The van der Waals surface area contributed by atoms with E-state index in [-0.39, 0.29) is 5.91 Å². The SMILES string of the molecule is CCOc1cc(C(=O)NCc2ccc(OC)cc2)cc(OCC)c1OCC. The van der Waals surface area contributed by atoms with Crippen LogP contribution in [0, 0.1) is 0 Å². The molecule has 0 unspecified atom stereocenters. The van der Waals surface area contributed by atoms with Gasteiger partial charge >= 0.3 is 0 Å². The van der Waals surface area contributed by atoms with Gasteiger partial charge in [-0.3, -0.25) is 4.79 Å². The standard InChI is InChI=1S/C21H27NO5/c1-5-25-18-12-16(13-19(26-6-2)20(18)27-7-3)21(23)22-14-15-8-10-17(24-4)11-9-15/h8-13H,5-7,14H2,1-4H3,(H,22,23). The molecule has 0 saturated heterocycles. The zero-order chi connectivity index (χ0) is 19.6. The van der Waals surface area contributed by atoms with Crippen LogP contribution in [0.15, 0.2) is 36.4 Å². The summed E-state index contributed by atoms with van der Waals surface area (Å²) in [6, 6.07) is 10.9. The van der Waals surface area contributed by atoms with Crippen molar-refractivity contribution in [2.75, 3.05) is 26.9 Å². The lowest BCUT2D eigenvalue weighted by Crippen LogP contribution is -2.23. The van der Waals surface area contributed by atoms with Gasteiger partial charge in [0.2, 0.25) is 5.75 Å². The maximum Gasteiger partial charge on any atom is 0.251 e. The van der Waals surface area contributed by atoms with E-state index >= 15 is 0 Å². The largest absolute Gasteiger partial charge is 0.497 e. The zero-order valence-corrected chi connectivity index (χ0v) is 16.3. The molecule has 27 heavy (non-hydrogen) atoms. The Bertz CT molecular complexity index is 716. The van der Waals surface area contributed by atoms with Crippen LogP contribution in [0.5, 0.6) is 23.0 Å². The van der Waals surface area contributed by atoms with Crippen LogP contribution in [0.2, 0.25) is 0 Å². The smallest absolute Gasteiger partial charge is 0.251 e. The number of methoxy groups -OCH3 is 1. The van der Waals surface area contributed by atoms with Crippen molar-refractivity contribution in [2.24, 2.45) is 0 Å². The normalized spacial score (nSPS) is 10.2. The number of nitrogens with one attached hydrogen (secondary N) is 1. The minimum absolute atomic E-state index is 0.212. The van der Waals surface area contributed by atoms with Crippen LogP contribution in [-0.2, 0) is 6.54 Å². The highest BCUT2D eigenvalue weighted by Gasteiger charge is 2.18. The average Bonchev–Trinajstić information content (AvgIpc) is 2.69. The number of hydrogen-bond acceptors (Lipinski definition) is 5. The van der Waals surface area contributed by atoms with Crippen molar-refractivity contribution >= 4 is 5.91 Å². The molecule has 0 heterocycles. The van der Waals surface area contributed by atoms with Crippen molar-refractivity contribution in [3.8, 4) is 23.0 Å². The summed E-state index contributed by atoms with van der Waals surface area (Å²) in [5.74, 6) is 2.09. The molecule has 2 aromatic carbocycles. The zero-order valence-electron chi connectivity index (χ0n) is 16.3. The van der Waals surface area contributed by atoms with Gasteiger partial charge < -0.3 is 24.3 Å². The highest BCUT2D eigenvalue weighted by atomic mass is 16.5. The first-order valence-corrected chi connectivity index (χ1v) is 9.10. The van der Waals surface area contributed by atoms with E-state index in [1.807, 2.05) is 45.0 Å². The summed E-state index contributed by atoms with van der Waals surface area (Å²) in [7, 11) is 1.62. The molecule has 0 atom stereocenters. The number of rotatable bonds is 10. The maximum atomic E-state index is 12.6. The first kappa shape index (κ1) is 20.4. The lowest BCUT2D eigenvalue weighted by molar-refractivity contribution is 0.0949. The summed E-state index contributed by atoms with van der Waals surface area (Å²) in [6.07, 6.45) is 0. The second-order valence-electron chi connectivity index (χ2n) is 5.63. The summed E-state index contributed by atoms with van der Waals surface area (Å²) in [4.78, 5) is 12.6. The highest BCUT2D eigenvalue weighted by molar-refractivity contribution is 5.95. The third-order valence-corrected chi connectivity index (χ3v) is 3.78. The minimum Gasteiger partial charge on any atom is -0.497 e. The molecule has 0 aromatic heterocycles. The predicted octanol–water partition coefficient (Wildman–Crippen LogP) is 3.82. The number of amides is 1. The van der Waals surface area contributed by atoms with Crippen LogP contribution in [0.4, 0.5) is 0 Å². The van der Waals surface area contributed by atoms with Crippen LogP contribution in [-0.4, -0.2) is 32.8 Å². The Hall–Kier alpha value is -2.89. The molecule has 6 nitrogen and oxygen atoms in total. The quantitative estimate of drug-likeness (QED) is 0.686. The molecule has 0 spiro atoms. The van der Waals surface area contributed by atoms with Gasteiger partial charge in [-0.25, -0.2) is 0 Å². The van der Waals surface area contributed by atoms with Gasteiger partial charge in [0.15, 0.2) is 11.5 Å². The van der Waals surface area contributed by atoms with Gasteiger partial charge in [0, 0.05) is 12.1 Å². The fourth-order valence-corrected chi connectivity index (χ4v) is 2.55. The van der Waals surface area contributed by atoms with Gasteiger partial charge in [0.05, 0.1) is 26.9 Å². The molecule has 146 valence electrons. The summed E-state index contributed by atoms with van der Waals surface area (Å²) < 4.78 is 22.1. The Morgan fingerprint density at radius 1 is 0.889 bits per heavy atom. The van der Waals surface area contributed by atoms with Crippen LogP contribution in [0.1, 0.15) is 36.7 Å². The monoisotopic (exact) mass is 373 g/mol. The summed E-state index contributed by atoms with van der Waals surface area (Å²) in [5, 5.41) is 2.91. The van der Waals surface area contributed by atoms with Crippen LogP contribution < -0.4 is 24.3 Å². The first-order chi connectivity index (χ1) is 13.1. The third-order valence-electron chi connectivity index (χ3n) is 3.78. The molecular weight excluding hydrogens is 346 g/mol. The topological polar surface area (TPSA) is 66.0 Å². The molecule has 0 fully saturated rings. The van der Waals surface area contributed by atoms with Crippen molar-refractivity contribution in [2.45, 2.75) is 27.3 Å². The Morgan fingerprint density at radius 2 is 1.44 bits per heavy atom. The average molecular weight is 373 g/mol. The van der Waals surface area contributed by atoms with E-state index < -0.39 is 0 Å². The molecule has 6 heteroatoms. The fourth-order valence-electron chi connectivity index (χ4n) is 2.55. The molecular formula is C21H27NO5. The van der Waals surface area contributed by atoms with Gasteiger partial charge in [-0.1, -0.05) is 12.1 Å². The number of carbonyl (C=O) groups is 1. The maximum absolute atomic E-state index is 12.6. The fraction of sp³-hybridized carbons (Fsp3) is 0.381. The highest BCUT2D eigenvalue weighted by Crippen LogP contribution is 2.39. The van der Waals surface area contributed by atoms with Crippen molar-refractivity contribution in [3.05, 3.63) is 47.5 Å². The second-order valence-corrected chi connectivity index (χ2v) is 5.63. The van der Waals surface area contributed by atoms with Gasteiger partial charge in [-0.05, 0) is 50.6 Å². The summed E-state index contributed by atoms with van der Waals surface area (Å²) in [5.41, 5.74) is 1.43. The lowest BCUT2D eigenvalue weighted by atomic mass is 10.1. The number of hydrogen-bond donors (Lipinski definition) is 1. The molecule has 0 saturated carbocycles. The van der Waals surface area contributed by atoms with E-state index in [0.29, 0.717) is 49.2 Å². The Morgan fingerprint density at radius 3 is 1.93 bits per heavy atom. The van der Waals surface area contributed by atoms with Crippen molar-refractivity contribution < 1.29 is 23.7 Å². The molecule has 0 bridgehead atoms. The lowest BCUT2D eigenvalue weighted by Gasteiger charge is -2.17. The van der Waals surface area contributed by atoms with Crippen molar-refractivity contribution in [1.82, 2.24) is 5.32 Å². The predicted molar refractivity (Wildman–Crippen MR) is 104 cm³/mol. The first-order valence-electron chi connectivity index (χ1n) is 9.10. The summed E-state index contributed by atoms with van der Waals surface area (Å²) in [6.45, 7) is 7.46. The van der Waals surface area contributed by atoms with E-state index in [2.05, 4.69) is 5.32 Å². The van der Waals surface area contributed by atoms with Crippen LogP contribution >= 0.6 is 0 Å². The molecule has 1 N–H and O–H groups in total. The van der Waals surface area contributed by atoms with Gasteiger partial charge in [-0.15, -0.1) is 0 Å². The molecule has 0 aliphatic carbocycles. The number of benzene rings is 2. The van der Waals surface area contributed by atoms with Gasteiger partial charge in [-0.2, -0.15) is 0 Å². The summed E-state index contributed by atoms with van der Waals surface area (Å²) >= 11 is 0. The molecule has 2 aromatic rings. The minimum atomic E-state index is -0.212. The molecule has 0 aliphatic heterocycles. The third kappa shape index (κ3) is 5.54. The Kier molecular flexibility index (Phi) is 7.79. The van der Waals surface area contributed by atoms with Crippen LogP contribution in [0.25, 0.3) is 0 Å². The number of ether oxygens (including phenoxy) is 4. The van der Waals surface area contributed by atoms with E-state index in [9.17, 15) is 4.79 Å². The van der Waals surface area contributed by atoms with Crippen molar-refractivity contribution in [3.63, 3.8) is 0 Å². The van der Waals surface area contributed by atoms with E-state index in [0.717, 1.165) is 11.3 Å².